The van der Waals surface area contributed by atoms with Crippen molar-refractivity contribution in [1.29, 1.82) is 0 Å². The van der Waals surface area contributed by atoms with Gasteiger partial charge in [0.25, 0.3) is 5.91 Å². The summed E-state index contributed by atoms with van der Waals surface area (Å²) in [6.45, 7) is 0.283. The first-order valence-corrected chi connectivity index (χ1v) is 8.72. The maximum Gasteiger partial charge on any atom is 0.403 e. The first-order chi connectivity index (χ1) is 12.8. The molecule has 1 saturated carbocycles. The third-order valence-electron chi connectivity index (χ3n) is 4.63. The smallest absolute Gasteiger partial charge is 0.403 e. The van der Waals surface area contributed by atoms with Crippen LogP contribution >= 0.6 is 0 Å². The van der Waals surface area contributed by atoms with E-state index in [0.29, 0.717) is 30.6 Å². The summed E-state index contributed by atoms with van der Waals surface area (Å²) in [6.07, 6.45) is 2.91. The molecule has 3 N–H and O–H groups in total. The predicted molar refractivity (Wildman–Crippen MR) is 93.7 cm³/mol. The highest BCUT2D eigenvalue weighted by Crippen LogP contribution is 2.36. The molecule has 5 nitrogen and oxygen atoms in total. The second-order valence-corrected chi connectivity index (χ2v) is 6.62. The summed E-state index contributed by atoms with van der Waals surface area (Å²) in [5.41, 5.74) is 8.01. The molecule has 3 unspecified atom stereocenters. The highest BCUT2D eigenvalue weighted by Gasteiger charge is 2.43. The van der Waals surface area contributed by atoms with E-state index in [9.17, 15) is 18.0 Å². The minimum Gasteiger partial charge on any atom is -0.481 e. The van der Waals surface area contributed by atoms with Gasteiger partial charge in [0, 0.05) is 5.56 Å². The van der Waals surface area contributed by atoms with Crippen LogP contribution < -0.4 is 16.0 Å². The number of nitrogens with one attached hydrogen (secondary N) is 1. The Balaban J connectivity index is 1.76. The highest BCUT2D eigenvalue weighted by molar-refractivity contribution is 5.93. The first-order valence-electron chi connectivity index (χ1n) is 8.72. The number of hydrogen-bond donors (Lipinski definition) is 2. The van der Waals surface area contributed by atoms with E-state index in [1.165, 1.54) is 0 Å². The van der Waals surface area contributed by atoms with Gasteiger partial charge in [0.15, 0.2) is 0 Å². The fourth-order valence-corrected chi connectivity index (χ4v) is 3.19. The van der Waals surface area contributed by atoms with Crippen molar-refractivity contribution in [3.8, 4) is 18.1 Å². The molecule has 27 heavy (non-hydrogen) atoms. The van der Waals surface area contributed by atoms with Crippen molar-refractivity contribution in [2.24, 2.45) is 17.6 Å². The number of benzene rings is 1. The number of ether oxygens (including phenoxy) is 1. The maximum absolute atomic E-state index is 12.8. The number of carbonyl (C=O) groups excluding carboxylic acids is 1. The molecule has 3 atom stereocenters. The summed E-state index contributed by atoms with van der Waals surface area (Å²) in [5, 5.41) is 0. The second-order valence-electron chi connectivity index (χ2n) is 6.62. The number of carbonyl (C=O) groups is 1. The monoisotopic (exact) mass is 384 g/mol. The summed E-state index contributed by atoms with van der Waals surface area (Å²) in [7, 11) is 0. The molecule has 1 fully saturated rings. The molecule has 148 valence electrons. The Morgan fingerprint density at radius 2 is 2.04 bits per heavy atom. The molecule has 0 aliphatic heterocycles. The Kier molecular flexibility index (Phi) is 7.51. The molecule has 0 heterocycles. The van der Waals surface area contributed by atoms with Crippen LogP contribution in [0.25, 0.3) is 0 Å². The first kappa shape index (κ1) is 21.1. The van der Waals surface area contributed by atoms with Crippen LogP contribution in [-0.2, 0) is 4.84 Å². The lowest BCUT2D eigenvalue weighted by Crippen LogP contribution is -2.45. The Hall–Kier alpha value is -2.24. The summed E-state index contributed by atoms with van der Waals surface area (Å²) in [4.78, 5) is 17.3. The minimum atomic E-state index is -4.39. The molecule has 8 heteroatoms. The number of terminal acetylenes is 1. The lowest BCUT2D eigenvalue weighted by atomic mass is 9.78. The van der Waals surface area contributed by atoms with Crippen LogP contribution in [0.15, 0.2) is 24.3 Å². The molecule has 1 aromatic rings. The van der Waals surface area contributed by atoms with Crippen LogP contribution in [0.4, 0.5) is 13.2 Å². The van der Waals surface area contributed by atoms with Gasteiger partial charge in [-0.2, -0.15) is 13.2 Å². The van der Waals surface area contributed by atoms with Crippen LogP contribution in [0, 0.1) is 24.2 Å². The molecule has 0 spiro atoms. The summed E-state index contributed by atoms with van der Waals surface area (Å²) in [5.74, 6) is 1.75. The molecule has 1 aliphatic rings. The number of hydrogen-bond acceptors (Lipinski definition) is 4. The van der Waals surface area contributed by atoms with E-state index in [4.69, 9.17) is 21.7 Å². The number of amides is 1. The molecule has 2 rings (SSSR count). The summed E-state index contributed by atoms with van der Waals surface area (Å²) in [6, 6.07) is 4.52. The van der Waals surface area contributed by atoms with Crippen molar-refractivity contribution in [3.05, 3.63) is 29.8 Å². The lowest BCUT2D eigenvalue weighted by Gasteiger charge is -2.33. The Bertz CT molecular complexity index is 656. The van der Waals surface area contributed by atoms with Crippen molar-refractivity contribution in [1.82, 2.24) is 5.48 Å². The van der Waals surface area contributed by atoms with Crippen molar-refractivity contribution in [2.45, 2.75) is 37.9 Å². The summed E-state index contributed by atoms with van der Waals surface area (Å²) < 4.78 is 43.5. The van der Waals surface area contributed by atoms with Crippen LogP contribution in [0.1, 0.15) is 36.0 Å². The number of hydroxylamine groups is 1. The highest BCUT2D eigenvalue weighted by atomic mass is 19.4. The fourth-order valence-electron chi connectivity index (χ4n) is 3.19. The Morgan fingerprint density at radius 3 is 2.67 bits per heavy atom. The quantitative estimate of drug-likeness (QED) is 0.560. The van der Waals surface area contributed by atoms with Gasteiger partial charge in [-0.25, -0.2) is 5.48 Å². The van der Waals surface area contributed by atoms with E-state index in [-0.39, 0.29) is 19.1 Å². The van der Waals surface area contributed by atoms with E-state index in [1.807, 2.05) is 0 Å². The fraction of sp³-hybridized carbons (Fsp3) is 0.526. The Morgan fingerprint density at radius 1 is 1.33 bits per heavy atom. The molecular formula is C19H23F3N2O3. The zero-order valence-corrected chi connectivity index (χ0v) is 14.8. The second kappa shape index (κ2) is 9.62. The van der Waals surface area contributed by atoms with E-state index in [2.05, 4.69) is 11.4 Å². The number of rotatable bonds is 7. The van der Waals surface area contributed by atoms with Crippen LogP contribution in [0.5, 0.6) is 5.75 Å². The molecule has 0 radical (unpaired) electrons. The zero-order chi connectivity index (χ0) is 19.9. The molecule has 0 aromatic heterocycles. The molecular weight excluding hydrogens is 361 g/mol. The molecule has 1 aliphatic carbocycles. The van der Waals surface area contributed by atoms with Crippen molar-refractivity contribution in [3.63, 3.8) is 0 Å². The van der Waals surface area contributed by atoms with Gasteiger partial charge in [-0.15, -0.1) is 6.42 Å². The average Bonchev–Trinajstić information content (AvgIpc) is 2.65. The van der Waals surface area contributed by atoms with Gasteiger partial charge in [-0.3, -0.25) is 9.63 Å². The molecule has 0 bridgehead atoms. The number of alkyl halides is 3. The van der Waals surface area contributed by atoms with Gasteiger partial charge >= 0.3 is 6.18 Å². The topological polar surface area (TPSA) is 73.6 Å². The van der Waals surface area contributed by atoms with Gasteiger partial charge in [-0.1, -0.05) is 12.3 Å². The lowest BCUT2D eigenvalue weighted by molar-refractivity contribution is -0.163. The van der Waals surface area contributed by atoms with Crippen LogP contribution in [0.3, 0.4) is 0 Å². The third-order valence-corrected chi connectivity index (χ3v) is 4.63. The van der Waals surface area contributed by atoms with Crippen molar-refractivity contribution in [2.75, 3.05) is 13.2 Å². The van der Waals surface area contributed by atoms with Gasteiger partial charge in [0.1, 0.15) is 18.4 Å². The van der Waals surface area contributed by atoms with E-state index in [0.717, 1.165) is 6.42 Å². The van der Waals surface area contributed by atoms with Crippen molar-refractivity contribution >= 4 is 5.91 Å². The Labute approximate surface area is 156 Å². The predicted octanol–water partition coefficient (Wildman–Crippen LogP) is 3.06. The minimum absolute atomic E-state index is 0.0722. The van der Waals surface area contributed by atoms with Gasteiger partial charge in [0.05, 0.1) is 6.61 Å². The zero-order valence-electron chi connectivity index (χ0n) is 14.8. The largest absolute Gasteiger partial charge is 0.481 e. The molecule has 1 aromatic carbocycles. The van der Waals surface area contributed by atoms with Crippen LogP contribution in [0.2, 0.25) is 0 Å². The molecule has 1 amide bonds. The standard InChI is InChI=1S/C19H23F3N2O3/c1-2-10-26-16-8-6-14(7-9-16)18(25)24-27-12-13-4-3-5-15(11-13)17(23)19(20,21)22/h1,6-9,13,15,17H,3-5,10-12,23H2,(H,24,25). The van der Waals surface area contributed by atoms with E-state index >= 15 is 0 Å². The average molecular weight is 384 g/mol. The number of halogens is 3. The van der Waals surface area contributed by atoms with Gasteiger partial charge in [-0.05, 0) is 55.4 Å². The van der Waals surface area contributed by atoms with Crippen LogP contribution in [-0.4, -0.2) is 31.3 Å². The van der Waals surface area contributed by atoms with Gasteiger partial charge < -0.3 is 10.5 Å². The third kappa shape index (κ3) is 6.45. The number of nitrogens with two attached hydrogens (primary N) is 1. The normalized spacial score (nSPS) is 21.1. The SMILES string of the molecule is C#CCOc1ccc(C(=O)NOCC2CCCC(C(N)C(F)(F)F)C2)cc1. The van der Waals surface area contributed by atoms with Gasteiger partial charge in [0.2, 0.25) is 0 Å². The summed E-state index contributed by atoms with van der Waals surface area (Å²) >= 11 is 0. The maximum atomic E-state index is 12.8. The van der Waals surface area contributed by atoms with E-state index < -0.39 is 24.0 Å². The molecule has 0 saturated heterocycles. The van der Waals surface area contributed by atoms with E-state index in [1.54, 1.807) is 24.3 Å². The van der Waals surface area contributed by atoms with Crippen molar-refractivity contribution < 1.29 is 27.5 Å².